The first-order valence-corrected chi connectivity index (χ1v) is 14.7. The maximum absolute atomic E-state index is 11.4. The van der Waals surface area contributed by atoms with Gasteiger partial charge in [-0.15, -0.1) is 0 Å². The fourth-order valence-corrected chi connectivity index (χ4v) is 6.46. The first-order valence-electron chi connectivity index (χ1n) is 14.7. The minimum Gasteiger partial charge on any atom is -0.508 e. The SMILES string of the molecule is CC(C)(C)CC(C)(C)c1cc(OOc2cc(C(C)(C)C)c(O)cc2C(C)(C)C)c(C(C)(C)CC(C)(C)C)cc1O. The van der Waals surface area contributed by atoms with E-state index in [1.807, 2.05) is 18.2 Å². The Morgan fingerprint density at radius 1 is 0.450 bits per heavy atom. The van der Waals surface area contributed by atoms with Crippen molar-refractivity contribution in [2.24, 2.45) is 10.8 Å². The van der Waals surface area contributed by atoms with Gasteiger partial charge in [0.15, 0.2) is 11.5 Å². The summed E-state index contributed by atoms with van der Waals surface area (Å²) in [5.74, 6) is 1.73. The maximum atomic E-state index is 11.4. The Morgan fingerprint density at radius 3 is 1.18 bits per heavy atom. The first kappa shape index (κ1) is 33.8. The molecule has 0 bridgehead atoms. The monoisotopic (exact) mass is 554 g/mol. The molecule has 40 heavy (non-hydrogen) atoms. The van der Waals surface area contributed by atoms with Crippen LogP contribution in [0.4, 0.5) is 0 Å². The third kappa shape index (κ3) is 8.57. The minimum absolute atomic E-state index is 0.0688. The van der Waals surface area contributed by atoms with Crippen molar-refractivity contribution in [1.82, 2.24) is 0 Å². The van der Waals surface area contributed by atoms with Crippen molar-refractivity contribution >= 4 is 0 Å². The molecule has 0 saturated carbocycles. The second-order valence-electron chi connectivity index (χ2n) is 17.6. The van der Waals surface area contributed by atoms with Gasteiger partial charge in [-0.05, 0) is 69.6 Å². The van der Waals surface area contributed by atoms with Gasteiger partial charge in [-0.3, -0.25) is 9.78 Å². The van der Waals surface area contributed by atoms with Crippen LogP contribution in [0.25, 0.3) is 0 Å². The van der Waals surface area contributed by atoms with Gasteiger partial charge in [-0.1, -0.05) is 111 Å². The Hall–Kier alpha value is -2.36. The zero-order chi connectivity index (χ0) is 31.3. The molecule has 2 aromatic carbocycles. The fourth-order valence-electron chi connectivity index (χ4n) is 6.46. The number of hydrogen-bond acceptors (Lipinski definition) is 4. The number of benzene rings is 2. The second-order valence-corrected chi connectivity index (χ2v) is 17.6. The highest BCUT2D eigenvalue weighted by Crippen LogP contribution is 2.48. The lowest BCUT2D eigenvalue weighted by Gasteiger charge is -2.36. The van der Waals surface area contributed by atoms with Crippen molar-refractivity contribution in [2.75, 3.05) is 0 Å². The summed E-state index contributed by atoms with van der Waals surface area (Å²) in [6.07, 6.45) is 1.78. The first-order chi connectivity index (χ1) is 17.6. The molecular formula is C36H58O4. The molecule has 0 amide bonds. The van der Waals surface area contributed by atoms with E-state index in [0.717, 1.165) is 35.1 Å². The van der Waals surface area contributed by atoms with E-state index in [-0.39, 0.29) is 44.0 Å². The third-order valence-electron chi connectivity index (χ3n) is 7.44. The Morgan fingerprint density at radius 2 is 0.775 bits per heavy atom. The lowest BCUT2D eigenvalue weighted by molar-refractivity contribution is -0.103. The lowest BCUT2D eigenvalue weighted by atomic mass is 9.69. The van der Waals surface area contributed by atoms with E-state index in [1.54, 1.807) is 6.07 Å². The third-order valence-corrected chi connectivity index (χ3v) is 7.44. The highest BCUT2D eigenvalue weighted by Gasteiger charge is 2.36. The van der Waals surface area contributed by atoms with E-state index >= 15 is 0 Å². The molecule has 2 N–H and O–H groups in total. The lowest BCUT2D eigenvalue weighted by Crippen LogP contribution is -2.28. The molecule has 0 unspecified atom stereocenters. The van der Waals surface area contributed by atoms with Gasteiger partial charge < -0.3 is 10.2 Å². The van der Waals surface area contributed by atoms with E-state index in [9.17, 15) is 10.2 Å². The summed E-state index contributed by atoms with van der Waals surface area (Å²) in [4.78, 5) is 12.5. The Balaban J connectivity index is 2.75. The molecule has 4 nitrogen and oxygen atoms in total. The average Bonchev–Trinajstić information content (AvgIpc) is 2.67. The predicted molar refractivity (Wildman–Crippen MR) is 169 cm³/mol. The molecule has 4 heteroatoms. The summed E-state index contributed by atoms with van der Waals surface area (Å²) in [5, 5.41) is 22.3. The normalized spacial score (nSPS) is 13.9. The van der Waals surface area contributed by atoms with E-state index in [0.29, 0.717) is 11.5 Å². The Labute approximate surface area is 245 Å². The van der Waals surface area contributed by atoms with Crippen molar-refractivity contribution in [1.29, 1.82) is 0 Å². The summed E-state index contributed by atoms with van der Waals surface area (Å²) in [6.45, 7) is 34.6. The smallest absolute Gasteiger partial charge is 0.182 e. The molecule has 0 aliphatic heterocycles. The summed E-state index contributed by atoms with van der Waals surface area (Å²) < 4.78 is 0. The molecule has 0 fully saturated rings. The van der Waals surface area contributed by atoms with Crippen LogP contribution in [-0.4, -0.2) is 10.2 Å². The average molecular weight is 555 g/mol. The quantitative estimate of drug-likeness (QED) is 0.264. The Bertz CT molecular complexity index is 1190. The molecule has 2 rings (SSSR count). The van der Waals surface area contributed by atoms with Gasteiger partial charge in [-0.2, -0.15) is 0 Å². The van der Waals surface area contributed by atoms with Gasteiger partial charge in [0.05, 0.1) is 0 Å². The molecule has 226 valence electrons. The Kier molecular flexibility index (Phi) is 9.14. The van der Waals surface area contributed by atoms with Crippen LogP contribution >= 0.6 is 0 Å². The van der Waals surface area contributed by atoms with Crippen molar-refractivity contribution in [2.45, 2.75) is 145 Å². The van der Waals surface area contributed by atoms with Gasteiger partial charge in [0.25, 0.3) is 0 Å². The van der Waals surface area contributed by atoms with Crippen molar-refractivity contribution < 1.29 is 20.0 Å². The topological polar surface area (TPSA) is 58.9 Å². The summed E-state index contributed by atoms with van der Waals surface area (Å²) in [7, 11) is 0. The largest absolute Gasteiger partial charge is 0.508 e. The minimum atomic E-state index is -0.292. The molecule has 0 aromatic heterocycles. The van der Waals surface area contributed by atoms with Gasteiger partial charge in [0.2, 0.25) is 0 Å². The summed E-state index contributed by atoms with van der Waals surface area (Å²) in [6, 6.07) is 7.56. The van der Waals surface area contributed by atoms with Crippen LogP contribution in [0.1, 0.15) is 146 Å². The number of phenols is 2. The standard InChI is InChI=1S/C36H58O4/c1-31(2,3)21-35(13,14)24-20-30(26(18-28(24)38)36(15,16)22-32(4,5)6)40-39-29-19-23(33(7,8)9)27(37)17-25(29)34(10,11)12/h17-20,37-38H,21-22H2,1-16H3. The van der Waals surface area contributed by atoms with E-state index in [1.165, 1.54) is 0 Å². The molecule has 0 radical (unpaired) electrons. The van der Waals surface area contributed by atoms with Gasteiger partial charge >= 0.3 is 0 Å². The van der Waals surface area contributed by atoms with E-state index in [4.69, 9.17) is 9.78 Å². The molecule has 0 atom stereocenters. The molecular weight excluding hydrogens is 496 g/mol. The number of aromatic hydroxyl groups is 2. The van der Waals surface area contributed by atoms with Crippen LogP contribution in [0.2, 0.25) is 0 Å². The van der Waals surface area contributed by atoms with Gasteiger partial charge in [0, 0.05) is 22.3 Å². The predicted octanol–water partition coefficient (Wildman–Crippen LogP) is 10.5. The fraction of sp³-hybridized carbons (Fsp3) is 0.667. The van der Waals surface area contributed by atoms with Crippen molar-refractivity contribution in [3.63, 3.8) is 0 Å². The zero-order valence-electron chi connectivity index (χ0n) is 28.4. The summed E-state index contributed by atoms with van der Waals surface area (Å²) in [5.41, 5.74) is 2.41. The van der Waals surface area contributed by atoms with Crippen molar-refractivity contribution in [3.05, 3.63) is 46.5 Å². The van der Waals surface area contributed by atoms with Crippen LogP contribution in [0, 0.1) is 10.8 Å². The highest BCUT2D eigenvalue weighted by molar-refractivity contribution is 5.53. The maximum Gasteiger partial charge on any atom is 0.182 e. The zero-order valence-corrected chi connectivity index (χ0v) is 28.4. The molecule has 0 heterocycles. The van der Waals surface area contributed by atoms with Crippen LogP contribution in [0.3, 0.4) is 0 Å². The van der Waals surface area contributed by atoms with E-state index < -0.39 is 0 Å². The van der Waals surface area contributed by atoms with Crippen LogP contribution in [-0.2, 0) is 21.7 Å². The van der Waals surface area contributed by atoms with E-state index in [2.05, 4.69) is 111 Å². The number of hydrogen-bond donors (Lipinski definition) is 2. The molecule has 2 aromatic rings. The van der Waals surface area contributed by atoms with Crippen molar-refractivity contribution in [3.8, 4) is 23.0 Å². The van der Waals surface area contributed by atoms with Crippen LogP contribution in [0.5, 0.6) is 23.0 Å². The second kappa shape index (κ2) is 10.8. The van der Waals surface area contributed by atoms with Gasteiger partial charge in [0.1, 0.15) is 11.5 Å². The molecule has 0 saturated heterocycles. The number of phenolic OH excluding ortho intramolecular Hbond substituents is 2. The number of rotatable bonds is 7. The van der Waals surface area contributed by atoms with Gasteiger partial charge in [-0.25, -0.2) is 0 Å². The van der Waals surface area contributed by atoms with Crippen LogP contribution in [0.15, 0.2) is 24.3 Å². The summed E-state index contributed by atoms with van der Waals surface area (Å²) >= 11 is 0. The van der Waals surface area contributed by atoms with Crippen LogP contribution < -0.4 is 9.78 Å². The molecule has 0 aliphatic carbocycles. The highest BCUT2D eigenvalue weighted by atomic mass is 17.2. The molecule has 0 spiro atoms. The molecule has 0 aliphatic rings.